The number of benzene rings is 2. The van der Waals surface area contributed by atoms with Gasteiger partial charge in [0.25, 0.3) is 0 Å². The van der Waals surface area contributed by atoms with Crippen LogP contribution in [0.4, 0.5) is 0 Å². The van der Waals surface area contributed by atoms with E-state index in [9.17, 15) is 10.0 Å². The molecule has 0 bridgehead atoms. The van der Waals surface area contributed by atoms with Crippen LogP contribution in [0.2, 0.25) is 0 Å². The van der Waals surface area contributed by atoms with Crippen molar-refractivity contribution < 1.29 is 79.4 Å². The third kappa shape index (κ3) is 13.7. The van der Waals surface area contributed by atoms with E-state index in [1.165, 1.54) is 40.7 Å². The van der Waals surface area contributed by atoms with Gasteiger partial charge in [-0.05, 0) is 121 Å². The third-order valence-electron chi connectivity index (χ3n) is 9.23. The van der Waals surface area contributed by atoms with Gasteiger partial charge in [0.05, 0.1) is 13.2 Å². The van der Waals surface area contributed by atoms with E-state index < -0.39 is 7.12 Å². The van der Waals surface area contributed by atoms with Crippen molar-refractivity contribution >= 4 is 40.7 Å². The molecule has 0 saturated carbocycles. The molecule has 2 aromatic carbocycles. The molecule has 2 aliphatic carbocycles. The van der Waals surface area contributed by atoms with Crippen molar-refractivity contribution in [3.05, 3.63) is 79.9 Å². The molecule has 0 aliphatic heterocycles. The van der Waals surface area contributed by atoms with E-state index in [2.05, 4.69) is 103 Å². The summed E-state index contributed by atoms with van der Waals surface area (Å²) in [6.07, 6.45) is 8.35. The zero-order chi connectivity index (χ0) is 32.1. The normalized spacial score (nSPS) is 18.0. The number of rotatable bonds is 4. The number of aliphatic hydroxyl groups excluding tert-OH is 2. The van der Waals surface area contributed by atoms with E-state index in [0.29, 0.717) is 5.46 Å². The van der Waals surface area contributed by atoms with Gasteiger partial charge in [-0.3, -0.25) is 0 Å². The molecule has 2 aliphatic rings. The molecule has 0 saturated heterocycles. The predicted octanol–water partition coefficient (Wildman–Crippen LogP) is 1.48. The zero-order valence-corrected chi connectivity index (χ0v) is 35.7. The van der Waals surface area contributed by atoms with Crippen molar-refractivity contribution in [2.24, 2.45) is 0 Å². The van der Waals surface area contributed by atoms with Gasteiger partial charge in [0.1, 0.15) is 0 Å². The Labute approximate surface area is 341 Å². The van der Waals surface area contributed by atoms with Crippen molar-refractivity contribution in [1.29, 1.82) is 0 Å². The molecule has 0 aromatic heterocycles. The molecule has 0 atom stereocenters. The van der Waals surface area contributed by atoms with Crippen LogP contribution in [0.3, 0.4) is 0 Å². The van der Waals surface area contributed by atoms with Crippen LogP contribution in [0, 0.1) is 0 Å². The van der Waals surface area contributed by atoms with Gasteiger partial charge in [-0.25, -0.2) is 0 Å². The van der Waals surface area contributed by atoms with Gasteiger partial charge in [-0.2, -0.15) is 0 Å². The Kier molecular flexibility index (Phi) is 23.3. The van der Waals surface area contributed by atoms with Crippen molar-refractivity contribution in [3.63, 3.8) is 0 Å². The summed E-state index contributed by atoms with van der Waals surface area (Å²) in [6.45, 7) is 22.5. The fourth-order valence-corrected chi connectivity index (χ4v) is 6.16. The molecule has 0 fully saturated rings. The SMILES string of the molecule is C.C.C/C(=C/CO)c1ccc2c(c1)C(C)(C)CCC2(C)C.C/C(I)=C/CO.CC1(C)CCC(C)(C)c2cc(B([O-])[O-])ccc21.[Na+].[Na+]. The van der Waals surface area contributed by atoms with Gasteiger partial charge in [-0.1, -0.05) is 126 Å². The van der Waals surface area contributed by atoms with E-state index in [-0.39, 0.29) is 109 Å². The molecule has 0 heterocycles. The fourth-order valence-electron chi connectivity index (χ4n) is 5.97. The minimum atomic E-state index is -1.87. The Hall–Kier alpha value is 0.555. The predicted molar refractivity (Wildman–Crippen MR) is 198 cm³/mol. The molecule has 0 amide bonds. The molecule has 0 unspecified atom stereocenters. The standard InChI is InChI=1S/C18H26O.C14H19BO2.C4H7IO.2CH4.2Na/c1-13(8-11-19)14-6-7-15-16(12-14)18(4,5)10-9-17(15,2)3;1-13(2)7-8-14(3,4)12-9-10(15(16)17)5-6-11(12)13;1-4(5)2-3-6;;;;/h6-8,12,19H,9-11H2,1-5H3;5-6,9H,7-8H2,1-4H3;2,6H,3H2,1H3;2*1H4;;/q;-2;;;;2*+1/b13-8-;;4-2-;;;;. The van der Waals surface area contributed by atoms with Gasteiger partial charge in [0, 0.05) is 0 Å². The van der Waals surface area contributed by atoms with Crippen LogP contribution < -0.4 is 74.6 Å². The fraction of sp³-hybridized carbons (Fsp3) is 0.579. The zero-order valence-electron chi connectivity index (χ0n) is 29.5. The molecule has 0 spiro atoms. The summed E-state index contributed by atoms with van der Waals surface area (Å²) in [5.41, 5.74) is 8.94. The Bertz CT molecular complexity index is 1280. The van der Waals surface area contributed by atoms with Crippen molar-refractivity contribution in [3.8, 4) is 0 Å². The first kappa shape index (κ1) is 50.9. The van der Waals surface area contributed by atoms with E-state index in [4.69, 9.17) is 10.2 Å². The van der Waals surface area contributed by atoms with Crippen LogP contribution in [0.15, 0.2) is 52.1 Å². The second-order valence-electron chi connectivity index (χ2n) is 14.5. The maximum atomic E-state index is 11.0. The summed E-state index contributed by atoms with van der Waals surface area (Å²) in [4.78, 5) is 0. The Morgan fingerprint density at radius 2 is 1.04 bits per heavy atom. The summed E-state index contributed by atoms with van der Waals surface area (Å²) in [6, 6.07) is 12.3. The number of aliphatic hydroxyl groups is 2. The van der Waals surface area contributed by atoms with E-state index >= 15 is 0 Å². The maximum absolute atomic E-state index is 11.0. The number of hydrogen-bond acceptors (Lipinski definition) is 4. The third-order valence-corrected chi connectivity index (χ3v) is 9.67. The van der Waals surface area contributed by atoms with Gasteiger partial charge in [-0.15, -0.1) is 5.46 Å². The maximum Gasteiger partial charge on any atom is 1.00 e. The van der Waals surface area contributed by atoms with Crippen molar-refractivity contribution in [2.75, 3.05) is 13.2 Å². The number of fused-ring (bicyclic) bond motifs is 2. The van der Waals surface area contributed by atoms with Crippen LogP contribution in [0.25, 0.3) is 5.57 Å². The Morgan fingerprint density at radius 1 is 0.674 bits per heavy atom. The summed E-state index contributed by atoms with van der Waals surface area (Å²) in [5.74, 6) is 0. The first-order valence-electron chi connectivity index (χ1n) is 15.1. The Balaban J connectivity index is -0.000000639. The minimum absolute atomic E-state index is 0. The van der Waals surface area contributed by atoms with E-state index in [0.717, 1.165) is 22.0 Å². The average Bonchev–Trinajstić information content (AvgIpc) is 2.90. The largest absolute Gasteiger partial charge is 1.00 e. The minimum Gasteiger partial charge on any atom is -0.889 e. The molecule has 4 nitrogen and oxygen atoms in total. The van der Waals surface area contributed by atoms with Crippen LogP contribution in [0.5, 0.6) is 0 Å². The molecule has 8 heteroatoms. The average molecular weight is 765 g/mol. The smallest absolute Gasteiger partial charge is 0.889 e. The quantitative estimate of drug-likeness (QED) is 0.366. The first-order chi connectivity index (χ1) is 19.3. The topological polar surface area (TPSA) is 86.6 Å². The van der Waals surface area contributed by atoms with E-state index in [1.54, 1.807) is 12.1 Å². The second kappa shape index (κ2) is 21.0. The molecular formula is C38H60BINa2O4. The van der Waals surface area contributed by atoms with E-state index in [1.807, 2.05) is 25.1 Å². The molecule has 2 N–H and O–H groups in total. The molecule has 46 heavy (non-hydrogen) atoms. The van der Waals surface area contributed by atoms with Crippen molar-refractivity contribution in [2.45, 2.75) is 131 Å². The summed E-state index contributed by atoms with van der Waals surface area (Å²) < 4.78 is 1.13. The molecule has 0 radical (unpaired) electrons. The van der Waals surface area contributed by atoms with Crippen LogP contribution in [0.1, 0.15) is 138 Å². The monoisotopic (exact) mass is 764 g/mol. The Morgan fingerprint density at radius 3 is 1.39 bits per heavy atom. The first-order valence-corrected chi connectivity index (χ1v) is 16.2. The molecule has 248 valence electrons. The van der Waals surface area contributed by atoms with Gasteiger partial charge < -0.3 is 20.3 Å². The summed E-state index contributed by atoms with van der Waals surface area (Å²) >= 11 is 2.14. The number of halogens is 1. The van der Waals surface area contributed by atoms with Gasteiger partial charge >= 0.3 is 59.1 Å². The van der Waals surface area contributed by atoms with Crippen LogP contribution >= 0.6 is 22.6 Å². The second-order valence-corrected chi connectivity index (χ2v) is 16.2. The molecule has 4 rings (SSSR count). The van der Waals surface area contributed by atoms with Gasteiger partial charge in [0.2, 0.25) is 0 Å². The number of allylic oxidation sites excluding steroid dienone is 2. The summed E-state index contributed by atoms with van der Waals surface area (Å²) in [7, 11) is -1.87. The van der Waals surface area contributed by atoms with Crippen LogP contribution in [-0.2, 0) is 21.7 Å². The number of hydrogen-bond donors (Lipinski definition) is 2. The molecular weight excluding hydrogens is 704 g/mol. The van der Waals surface area contributed by atoms with Gasteiger partial charge in [0.15, 0.2) is 0 Å². The van der Waals surface area contributed by atoms with Crippen LogP contribution in [-0.4, -0.2) is 30.5 Å². The van der Waals surface area contributed by atoms with Crippen molar-refractivity contribution in [1.82, 2.24) is 0 Å². The summed E-state index contributed by atoms with van der Waals surface area (Å²) in [5, 5.41) is 39.3. The molecule has 2 aromatic rings.